The van der Waals surface area contributed by atoms with Gasteiger partial charge in [0.05, 0.1) is 6.10 Å². The zero-order valence-corrected chi connectivity index (χ0v) is 22.4. The molecule has 5 aliphatic rings. The molecule has 2 spiro atoms. The second-order valence-corrected chi connectivity index (χ2v) is 14.8. The van der Waals surface area contributed by atoms with Crippen LogP contribution >= 0.6 is 0 Å². The van der Waals surface area contributed by atoms with E-state index in [1.54, 1.807) is 0 Å². The minimum Gasteiger partial charge on any atom is -0.393 e. The molecule has 5 aliphatic carbocycles. The van der Waals surface area contributed by atoms with Gasteiger partial charge in [-0.25, -0.2) is 4.89 Å². The largest absolute Gasteiger partial charge is 0.393 e. The lowest BCUT2D eigenvalue weighted by atomic mass is 9.42. The molecule has 0 aliphatic heterocycles. The number of allylic oxidation sites excluding steroid dienone is 1. The summed E-state index contributed by atoms with van der Waals surface area (Å²) in [5.41, 5.74) is 1.47. The van der Waals surface area contributed by atoms with Crippen molar-refractivity contribution in [1.82, 2.24) is 0 Å². The Hall–Kier alpha value is -0.380. The molecular formula is C30H50O3. The number of aliphatic hydroxyl groups excluding tert-OH is 1. The number of hydrogen-bond acceptors (Lipinski definition) is 3. The summed E-state index contributed by atoms with van der Waals surface area (Å²) < 4.78 is 0. The summed E-state index contributed by atoms with van der Waals surface area (Å²) in [6, 6.07) is 0. The van der Waals surface area contributed by atoms with E-state index in [1.165, 1.54) is 51.4 Å². The Morgan fingerprint density at radius 2 is 1.58 bits per heavy atom. The topological polar surface area (TPSA) is 49.7 Å². The molecule has 0 radical (unpaired) electrons. The van der Waals surface area contributed by atoms with Crippen LogP contribution in [0, 0.1) is 50.7 Å². The maximum Gasteiger partial charge on any atom is 0.116 e. The summed E-state index contributed by atoms with van der Waals surface area (Å²) >= 11 is 0. The average Bonchev–Trinajstić information content (AvgIpc) is 3.33. The van der Waals surface area contributed by atoms with Crippen LogP contribution < -0.4 is 0 Å². The maximum absolute atomic E-state index is 10.8. The van der Waals surface area contributed by atoms with Crippen molar-refractivity contribution in [1.29, 1.82) is 0 Å². The molecule has 2 N–H and O–H groups in total. The van der Waals surface area contributed by atoms with Gasteiger partial charge in [-0.3, -0.25) is 5.26 Å². The highest BCUT2D eigenvalue weighted by molar-refractivity contribution is 5.30. The molecule has 0 bridgehead atoms. The molecule has 3 heteroatoms. The third-order valence-corrected chi connectivity index (χ3v) is 13.1. The van der Waals surface area contributed by atoms with Crippen LogP contribution in [0.15, 0.2) is 12.2 Å². The third kappa shape index (κ3) is 3.03. The lowest BCUT2D eigenvalue weighted by molar-refractivity contribution is -0.297. The summed E-state index contributed by atoms with van der Waals surface area (Å²) in [6.07, 6.45) is 17.3. The molecule has 5 saturated carbocycles. The average molecular weight is 459 g/mol. The summed E-state index contributed by atoms with van der Waals surface area (Å²) in [6.45, 7) is 16.4. The lowest BCUT2D eigenvalue weighted by Crippen LogP contribution is -2.57. The normalized spacial score (nSPS) is 51.4. The summed E-state index contributed by atoms with van der Waals surface area (Å²) in [5, 5.41) is 20.0. The molecule has 3 nitrogen and oxygen atoms in total. The molecule has 0 aromatic rings. The maximum atomic E-state index is 10.8. The molecule has 0 aromatic heterocycles. The molecule has 0 saturated heterocycles. The summed E-state index contributed by atoms with van der Waals surface area (Å²) in [7, 11) is 0. The standard InChI is InChI=1S/C30H50O3/c1-20(9-8-14-25(2,3)33-32)21-12-15-28(7)23-11-10-22-26(4,5)24(31)13-16-29(22)19-30(23,29)18-17-27(21,28)6/h8,14,20-24,31-32H,9-13,15-19H2,1-7H3/b14-8+/t20?,21-,22+,23-,24+,27-,28+,29-,30-/m1/s1. The zero-order chi connectivity index (χ0) is 24.1. The molecule has 5 fully saturated rings. The first-order chi connectivity index (χ1) is 15.3. The van der Waals surface area contributed by atoms with E-state index in [1.807, 2.05) is 19.9 Å². The predicted octanol–water partition coefficient (Wildman–Crippen LogP) is 7.64. The first-order valence-electron chi connectivity index (χ1n) is 14.0. The van der Waals surface area contributed by atoms with Crippen molar-refractivity contribution in [3.05, 3.63) is 12.2 Å². The molecule has 188 valence electrons. The Labute approximate surface area is 202 Å². The van der Waals surface area contributed by atoms with E-state index in [-0.39, 0.29) is 11.5 Å². The van der Waals surface area contributed by atoms with Crippen LogP contribution in [0.2, 0.25) is 0 Å². The molecule has 9 atom stereocenters. The van der Waals surface area contributed by atoms with E-state index in [2.05, 4.69) is 45.6 Å². The Bertz CT molecular complexity index is 815. The minimum absolute atomic E-state index is 0.0828. The van der Waals surface area contributed by atoms with E-state index < -0.39 is 5.60 Å². The highest BCUT2D eigenvalue weighted by atomic mass is 17.1. The Morgan fingerprint density at radius 1 is 0.909 bits per heavy atom. The van der Waals surface area contributed by atoms with Gasteiger partial charge in [0.25, 0.3) is 0 Å². The van der Waals surface area contributed by atoms with Crippen LogP contribution in [0.5, 0.6) is 0 Å². The van der Waals surface area contributed by atoms with Crippen LogP contribution in [0.25, 0.3) is 0 Å². The Morgan fingerprint density at radius 3 is 2.27 bits per heavy atom. The second kappa shape index (κ2) is 7.32. The molecule has 0 heterocycles. The van der Waals surface area contributed by atoms with Crippen molar-refractivity contribution in [2.45, 2.75) is 124 Å². The first-order valence-corrected chi connectivity index (χ1v) is 14.0. The van der Waals surface area contributed by atoms with Crippen LogP contribution in [-0.4, -0.2) is 22.1 Å². The van der Waals surface area contributed by atoms with E-state index in [0.29, 0.717) is 27.6 Å². The van der Waals surface area contributed by atoms with Gasteiger partial charge >= 0.3 is 0 Å². The minimum atomic E-state index is -0.606. The van der Waals surface area contributed by atoms with Crippen molar-refractivity contribution in [2.24, 2.45) is 50.7 Å². The number of aliphatic hydroxyl groups is 1. The van der Waals surface area contributed by atoms with Gasteiger partial charge in [-0.2, -0.15) is 0 Å². The SMILES string of the molecule is CC(C/C=C/C(C)(C)OO)[C@H]1CC[C@@]2(C)[C@H]3CC[C@H]4C(C)(C)[C@@H](O)CC[C@@]45C[C@]35CC[C@]12C. The molecule has 0 amide bonds. The van der Waals surface area contributed by atoms with Crippen LogP contribution in [-0.2, 0) is 4.89 Å². The van der Waals surface area contributed by atoms with Gasteiger partial charge in [0.15, 0.2) is 0 Å². The molecule has 0 aromatic carbocycles. The van der Waals surface area contributed by atoms with Crippen LogP contribution in [0.1, 0.15) is 113 Å². The zero-order valence-electron chi connectivity index (χ0n) is 22.4. The van der Waals surface area contributed by atoms with Crippen LogP contribution in [0.4, 0.5) is 0 Å². The van der Waals surface area contributed by atoms with Gasteiger partial charge in [0.2, 0.25) is 0 Å². The predicted molar refractivity (Wildman–Crippen MR) is 134 cm³/mol. The highest BCUT2D eigenvalue weighted by Crippen LogP contribution is 2.89. The van der Waals surface area contributed by atoms with Crippen molar-refractivity contribution < 1.29 is 15.3 Å². The van der Waals surface area contributed by atoms with Gasteiger partial charge in [-0.05, 0) is 129 Å². The third-order valence-electron chi connectivity index (χ3n) is 13.1. The van der Waals surface area contributed by atoms with Gasteiger partial charge in [0.1, 0.15) is 5.60 Å². The molecule has 1 unspecified atom stereocenters. The highest BCUT2D eigenvalue weighted by Gasteiger charge is 2.82. The van der Waals surface area contributed by atoms with Crippen LogP contribution in [0.3, 0.4) is 0 Å². The van der Waals surface area contributed by atoms with E-state index in [9.17, 15) is 5.11 Å². The summed E-state index contributed by atoms with van der Waals surface area (Å²) in [4.78, 5) is 4.60. The van der Waals surface area contributed by atoms with E-state index >= 15 is 0 Å². The Balaban J connectivity index is 1.38. The van der Waals surface area contributed by atoms with Gasteiger partial charge in [-0.15, -0.1) is 0 Å². The molecule has 5 rings (SSSR count). The van der Waals surface area contributed by atoms with Gasteiger partial charge in [0, 0.05) is 0 Å². The Kier molecular flexibility index (Phi) is 5.40. The van der Waals surface area contributed by atoms with Crippen molar-refractivity contribution >= 4 is 0 Å². The van der Waals surface area contributed by atoms with Gasteiger partial charge < -0.3 is 5.11 Å². The second-order valence-electron chi connectivity index (χ2n) is 14.8. The monoisotopic (exact) mass is 458 g/mol. The van der Waals surface area contributed by atoms with E-state index in [0.717, 1.165) is 30.6 Å². The van der Waals surface area contributed by atoms with Gasteiger partial charge in [-0.1, -0.05) is 46.8 Å². The van der Waals surface area contributed by atoms with Crippen molar-refractivity contribution in [2.75, 3.05) is 0 Å². The fraction of sp³-hybridized carbons (Fsp3) is 0.933. The fourth-order valence-electron chi connectivity index (χ4n) is 11.1. The summed E-state index contributed by atoms with van der Waals surface area (Å²) in [5.74, 6) is 3.03. The lowest BCUT2D eigenvalue weighted by Gasteiger charge is -2.63. The molecular weight excluding hydrogens is 408 g/mol. The van der Waals surface area contributed by atoms with Crippen molar-refractivity contribution in [3.8, 4) is 0 Å². The number of fused-ring (bicyclic) bond motifs is 2. The fourth-order valence-corrected chi connectivity index (χ4v) is 11.1. The first kappa shape index (κ1) is 24.3. The van der Waals surface area contributed by atoms with Crippen molar-refractivity contribution in [3.63, 3.8) is 0 Å². The number of hydrogen-bond donors (Lipinski definition) is 2. The number of rotatable bonds is 5. The quantitative estimate of drug-likeness (QED) is 0.253. The smallest absolute Gasteiger partial charge is 0.116 e. The van der Waals surface area contributed by atoms with E-state index in [4.69, 9.17) is 5.26 Å². The molecule has 33 heavy (non-hydrogen) atoms.